The van der Waals surface area contributed by atoms with Gasteiger partial charge < -0.3 is 0 Å². The molecule has 1 aromatic heterocycles. The van der Waals surface area contributed by atoms with Crippen LogP contribution in [0.15, 0.2) is 38.8 Å². The summed E-state index contributed by atoms with van der Waals surface area (Å²) in [4.78, 5) is 2.96. The van der Waals surface area contributed by atoms with Gasteiger partial charge in [-0.3, -0.25) is 0 Å². The Morgan fingerprint density at radius 1 is 1.00 bits per heavy atom. The van der Waals surface area contributed by atoms with Crippen LogP contribution >= 0.6 is 22.7 Å². The summed E-state index contributed by atoms with van der Waals surface area (Å²) in [6.07, 6.45) is 4.46. The lowest BCUT2D eigenvalue weighted by atomic mass is 10.1. The molecule has 0 saturated carbocycles. The molecular formula is C13H13ClO6S3. The first-order valence-corrected chi connectivity index (χ1v) is 10.9. The van der Waals surface area contributed by atoms with Crippen LogP contribution in [-0.2, 0) is 22.7 Å². The van der Waals surface area contributed by atoms with E-state index < -0.39 is 20.1 Å². The van der Waals surface area contributed by atoms with Gasteiger partial charge in [0.1, 0.15) is 32.4 Å². The van der Waals surface area contributed by atoms with E-state index in [4.69, 9.17) is 18.6 Å². The highest BCUT2D eigenvalue weighted by molar-refractivity contribution is 7.96. The number of sulfone groups is 1. The van der Waals surface area contributed by atoms with E-state index in [-0.39, 0.29) is 0 Å². The number of halogens is 1. The molecule has 0 spiro atoms. The molecule has 6 nitrogen and oxygen atoms in total. The number of fused-ring (bicyclic) bond motifs is 1. The average molecular weight is 397 g/mol. The van der Waals surface area contributed by atoms with Crippen LogP contribution in [-0.4, -0.2) is 8.42 Å². The van der Waals surface area contributed by atoms with Crippen molar-refractivity contribution in [3.8, 4) is 0 Å². The third-order valence-corrected chi connectivity index (χ3v) is 8.56. The van der Waals surface area contributed by atoms with Crippen molar-refractivity contribution in [1.29, 1.82) is 0 Å². The van der Waals surface area contributed by atoms with Gasteiger partial charge in [-0.05, 0) is 25.0 Å². The molecule has 0 unspecified atom stereocenters. The first-order valence-electron chi connectivity index (χ1n) is 6.54. The second-order valence-corrected chi connectivity index (χ2v) is 10.3. The van der Waals surface area contributed by atoms with Crippen LogP contribution in [0.4, 0.5) is 0 Å². The fourth-order valence-corrected chi connectivity index (χ4v) is 7.21. The summed E-state index contributed by atoms with van der Waals surface area (Å²) in [7, 11) is -8.24. The monoisotopic (exact) mass is 396 g/mol. The fourth-order valence-electron chi connectivity index (χ4n) is 2.09. The van der Waals surface area contributed by atoms with Crippen molar-refractivity contribution in [2.45, 2.75) is 34.1 Å². The molecule has 3 rings (SSSR count). The molecule has 0 aliphatic heterocycles. The molecule has 0 bridgehead atoms. The van der Waals surface area contributed by atoms with Crippen molar-refractivity contribution in [3.05, 3.63) is 40.1 Å². The first-order chi connectivity index (χ1) is 10.7. The molecule has 0 radical (unpaired) electrons. The zero-order valence-corrected chi connectivity index (χ0v) is 15.0. The summed E-state index contributed by atoms with van der Waals surface area (Å²) in [5.74, 6) is 0. The molecule has 1 aromatic carbocycles. The topological polar surface area (TPSA) is 126 Å². The number of aryl methyl sites for hydroxylation is 2. The Kier molecular flexibility index (Phi) is 6.09. The van der Waals surface area contributed by atoms with Crippen molar-refractivity contribution in [3.63, 3.8) is 0 Å². The van der Waals surface area contributed by atoms with Gasteiger partial charge >= 0.3 is 3.52 Å². The van der Waals surface area contributed by atoms with E-state index in [0.717, 1.165) is 12.8 Å². The fraction of sp³-hybridized carbons (Fsp3) is 0.308. The zero-order chi connectivity index (χ0) is 17.1. The van der Waals surface area contributed by atoms with Gasteiger partial charge in [-0.2, -0.15) is 0 Å². The summed E-state index contributed by atoms with van der Waals surface area (Å²) < 4.78 is 59.5. The average Bonchev–Trinajstić information content (AvgIpc) is 2.91. The number of benzene rings is 1. The Bertz CT molecular complexity index is 722. The van der Waals surface area contributed by atoms with E-state index in [0.29, 0.717) is 8.42 Å². The highest BCUT2D eigenvalue weighted by atomic mass is 35.7. The zero-order valence-electron chi connectivity index (χ0n) is 11.8. The van der Waals surface area contributed by atoms with E-state index in [1.807, 2.05) is 6.07 Å². The third kappa shape index (κ3) is 5.44. The predicted octanol–water partition coefficient (Wildman–Crippen LogP) is -0.954. The number of hydrogen-bond donors (Lipinski definition) is 0. The Hall–Kier alpha value is -0.650. The molecule has 2 aromatic rings. The van der Waals surface area contributed by atoms with Crippen LogP contribution in [0, 0.1) is 10.2 Å². The maximum atomic E-state index is 12.5. The van der Waals surface area contributed by atoms with Gasteiger partial charge in [0, 0.05) is 12.8 Å². The van der Waals surface area contributed by atoms with Crippen molar-refractivity contribution >= 4 is 32.5 Å². The molecule has 0 fully saturated rings. The second kappa shape index (κ2) is 7.49. The smallest absolute Gasteiger partial charge is 0.222 e. The Balaban J connectivity index is 0.000000338. The largest absolute Gasteiger partial charge is 0.374 e. The Labute approximate surface area is 144 Å². The van der Waals surface area contributed by atoms with Crippen LogP contribution in [0.5, 0.6) is 0 Å². The Morgan fingerprint density at radius 3 is 2.13 bits per heavy atom. The quantitative estimate of drug-likeness (QED) is 0.602. The SMILES string of the molecule is O=S(=O)(c1ccccc1)c1sc2c([s+]1)CCCC2.[O-][Cl+3]([O-])([O-])[O-]. The van der Waals surface area contributed by atoms with Gasteiger partial charge in [0.25, 0.3) is 9.84 Å². The minimum Gasteiger partial charge on any atom is -0.222 e. The van der Waals surface area contributed by atoms with Crippen molar-refractivity contribution in [1.82, 2.24) is 0 Å². The van der Waals surface area contributed by atoms with Gasteiger partial charge in [-0.1, -0.05) is 18.2 Å². The van der Waals surface area contributed by atoms with Crippen molar-refractivity contribution in [2.24, 2.45) is 0 Å². The molecule has 0 atom stereocenters. The minimum atomic E-state index is -4.94. The van der Waals surface area contributed by atoms with E-state index in [2.05, 4.69) is 0 Å². The van der Waals surface area contributed by atoms with Gasteiger partial charge in [0.05, 0.1) is 4.90 Å². The van der Waals surface area contributed by atoms with Gasteiger partial charge in [-0.15, -0.1) is 10.2 Å². The second-order valence-electron chi connectivity index (χ2n) is 4.70. The maximum absolute atomic E-state index is 12.5. The summed E-state index contributed by atoms with van der Waals surface area (Å²) in [6, 6.07) is 8.71. The van der Waals surface area contributed by atoms with Crippen LogP contribution in [0.3, 0.4) is 0 Å². The van der Waals surface area contributed by atoms with Crippen molar-refractivity contribution in [2.75, 3.05) is 0 Å². The molecule has 126 valence electrons. The molecule has 10 heteroatoms. The molecule has 0 N–H and O–H groups in total. The maximum Gasteiger partial charge on any atom is 0.374 e. The lowest BCUT2D eigenvalue weighted by Gasteiger charge is -2.17. The molecule has 1 aliphatic rings. The van der Waals surface area contributed by atoms with E-state index in [9.17, 15) is 8.42 Å². The highest BCUT2D eigenvalue weighted by Gasteiger charge is 2.34. The minimum absolute atomic E-state index is 0.403. The van der Waals surface area contributed by atoms with Crippen molar-refractivity contribution < 1.29 is 37.3 Å². The third-order valence-electron chi connectivity index (χ3n) is 3.05. The van der Waals surface area contributed by atoms with E-state index >= 15 is 0 Å². The molecule has 0 saturated heterocycles. The standard InChI is InChI=1S/C13H13O2S3.ClHO4/c14-18(15,10-6-2-1-3-7-10)13-16-11-8-4-5-9-12(11)17-13;2-1(3,4)5/h1-3,6-7H,4-5,8-9H2;(H,2,3,4,5)/q+1;/p-1. The molecule has 1 heterocycles. The summed E-state index contributed by atoms with van der Waals surface area (Å²) in [5.41, 5.74) is 0. The van der Waals surface area contributed by atoms with E-state index in [1.54, 1.807) is 24.3 Å². The summed E-state index contributed by atoms with van der Waals surface area (Å²) >= 11 is 2.94. The summed E-state index contributed by atoms with van der Waals surface area (Å²) in [6.45, 7) is 0. The molecular weight excluding hydrogens is 384 g/mol. The summed E-state index contributed by atoms with van der Waals surface area (Å²) in [5, 5.41) is 0. The normalized spacial score (nSPS) is 14.6. The van der Waals surface area contributed by atoms with Gasteiger partial charge in [0.15, 0.2) is 0 Å². The van der Waals surface area contributed by atoms with Crippen LogP contribution < -0.4 is 18.6 Å². The molecule has 0 amide bonds. The predicted molar refractivity (Wildman–Crippen MR) is 75.1 cm³/mol. The lowest BCUT2D eigenvalue weighted by Crippen LogP contribution is -2.68. The lowest BCUT2D eigenvalue weighted by molar-refractivity contribution is -2.00. The van der Waals surface area contributed by atoms with Gasteiger partial charge in [0.2, 0.25) is 0 Å². The molecule has 23 heavy (non-hydrogen) atoms. The number of hydrogen-bond acceptors (Lipinski definition) is 7. The molecule has 1 aliphatic carbocycles. The Morgan fingerprint density at radius 2 is 1.57 bits per heavy atom. The first kappa shape index (κ1) is 18.7. The van der Waals surface area contributed by atoms with Gasteiger partial charge in [-0.25, -0.2) is 27.1 Å². The van der Waals surface area contributed by atoms with Crippen LogP contribution in [0.1, 0.15) is 22.6 Å². The van der Waals surface area contributed by atoms with Crippen LogP contribution in [0.25, 0.3) is 0 Å². The highest BCUT2D eigenvalue weighted by Crippen LogP contribution is 2.39. The van der Waals surface area contributed by atoms with E-state index in [1.165, 1.54) is 45.3 Å². The number of rotatable bonds is 2. The van der Waals surface area contributed by atoms with Crippen LogP contribution in [0.2, 0.25) is 0 Å².